The van der Waals surface area contributed by atoms with Gasteiger partial charge in [-0.1, -0.05) is 0 Å². The van der Waals surface area contributed by atoms with E-state index in [-0.39, 0.29) is 5.56 Å². The fourth-order valence-corrected chi connectivity index (χ4v) is 2.69. The summed E-state index contributed by atoms with van der Waals surface area (Å²) in [6.07, 6.45) is 5.11. The number of hydrogen-bond acceptors (Lipinski definition) is 6. The third kappa shape index (κ3) is 3.30. The molecule has 2 aromatic rings. The van der Waals surface area contributed by atoms with Gasteiger partial charge >= 0.3 is 0 Å². The molecule has 116 valence electrons. The molecule has 0 amide bonds. The van der Waals surface area contributed by atoms with E-state index in [0.717, 1.165) is 44.2 Å². The SMILES string of the molecule is Cc1nccnc1N1CCN(CCn2ncccc2=O)CC1. The van der Waals surface area contributed by atoms with E-state index in [0.29, 0.717) is 6.54 Å². The molecule has 0 saturated carbocycles. The Hall–Kier alpha value is -2.28. The summed E-state index contributed by atoms with van der Waals surface area (Å²) in [6.45, 7) is 7.22. The molecule has 1 aliphatic rings. The molecule has 0 bridgehead atoms. The first-order valence-electron chi connectivity index (χ1n) is 7.51. The van der Waals surface area contributed by atoms with Gasteiger partial charge in [0.25, 0.3) is 5.56 Å². The van der Waals surface area contributed by atoms with E-state index in [1.165, 1.54) is 4.68 Å². The van der Waals surface area contributed by atoms with Crippen LogP contribution < -0.4 is 10.5 Å². The fraction of sp³-hybridized carbons (Fsp3) is 0.467. The van der Waals surface area contributed by atoms with Crippen molar-refractivity contribution >= 4 is 5.82 Å². The summed E-state index contributed by atoms with van der Waals surface area (Å²) in [7, 11) is 0. The van der Waals surface area contributed by atoms with E-state index in [1.54, 1.807) is 30.7 Å². The van der Waals surface area contributed by atoms with Crippen molar-refractivity contribution < 1.29 is 0 Å². The maximum atomic E-state index is 11.6. The van der Waals surface area contributed by atoms with Crippen molar-refractivity contribution in [2.24, 2.45) is 0 Å². The van der Waals surface area contributed by atoms with Gasteiger partial charge in [-0.3, -0.25) is 14.7 Å². The highest BCUT2D eigenvalue weighted by molar-refractivity contribution is 5.42. The number of aryl methyl sites for hydroxylation is 1. The summed E-state index contributed by atoms with van der Waals surface area (Å²) in [4.78, 5) is 25.0. The summed E-state index contributed by atoms with van der Waals surface area (Å²) in [5, 5.41) is 4.09. The fourth-order valence-electron chi connectivity index (χ4n) is 2.69. The number of rotatable bonds is 4. The van der Waals surface area contributed by atoms with E-state index >= 15 is 0 Å². The molecule has 7 heteroatoms. The van der Waals surface area contributed by atoms with E-state index < -0.39 is 0 Å². The minimum Gasteiger partial charge on any atom is -0.353 e. The molecule has 1 aliphatic heterocycles. The van der Waals surface area contributed by atoms with Gasteiger partial charge in [-0.25, -0.2) is 9.67 Å². The maximum absolute atomic E-state index is 11.6. The minimum absolute atomic E-state index is 0.0451. The predicted octanol–water partition coefficient (Wildman–Crippen LogP) is 0.164. The lowest BCUT2D eigenvalue weighted by molar-refractivity contribution is 0.242. The summed E-state index contributed by atoms with van der Waals surface area (Å²) in [5.41, 5.74) is 0.923. The average molecular weight is 300 g/mol. The van der Waals surface area contributed by atoms with E-state index in [2.05, 4.69) is 24.9 Å². The minimum atomic E-state index is -0.0451. The first kappa shape index (κ1) is 14.6. The second-order valence-corrected chi connectivity index (χ2v) is 5.38. The smallest absolute Gasteiger partial charge is 0.266 e. The van der Waals surface area contributed by atoms with Crippen LogP contribution in [0.1, 0.15) is 5.69 Å². The molecule has 3 rings (SSSR count). The first-order valence-corrected chi connectivity index (χ1v) is 7.51. The molecule has 1 saturated heterocycles. The van der Waals surface area contributed by atoms with Crippen LogP contribution in [0.25, 0.3) is 0 Å². The van der Waals surface area contributed by atoms with Gasteiger partial charge in [0.05, 0.1) is 12.2 Å². The monoisotopic (exact) mass is 300 g/mol. The van der Waals surface area contributed by atoms with E-state index in [9.17, 15) is 4.79 Å². The van der Waals surface area contributed by atoms with Crippen LogP contribution in [0.2, 0.25) is 0 Å². The molecular weight excluding hydrogens is 280 g/mol. The van der Waals surface area contributed by atoms with Crippen LogP contribution in [0.4, 0.5) is 5.82 Å². The molecule has 0 N–H and O–H groups in total. The quantitative estimate of drug-likeness (QED) is 0.801. The van der Waals surface area contributed by atoms with Crippen LogP contribution in [0, 0.1) is 6.92 Å². The number of hydrogen-bond donors (Lipinski definition) is 0. The molecular formula is C15H20N6O. The van der Waals surface area contributed by atoms with Crippen LogP contribution in [0.15, 0.2) is 35.5 Å². The van der Waals surface area contributed by atoms with Crippen molar-refractivity contribution in [3.05, 3.63) is 46.8 Å². The maximum Gasteiger partial charge on any atom is 0.266 e. The molecule has 3 heterocycles. The van der Waals surface area contributed by atoms with Gasteiger partial charge in [-0.15, -0.1) is 0 Å². The molecule has 0 aliphatic carbocycles. The normalized spacial score (nSPS) is 16.0. The van der Waals surface area contributed by atoms with Crippen molar-refractivity contribution in [1.29, 1.82) is 0 Å². The molecule has 0 atom stereocenters. The molecule has 0 unspecified atom stereocenters. The summed E-state index contributed by atoms with van der Waals surface area (Å²) in [6, 6.07) is 3.21. The highest BCUT2D eigenvalue weighted by Crippen LogP contribution is 2.15. The van der Waals surface area contributed by atoms with Crippen LogP contribution in [-0.4, -0.2) is 57.4 Å². The molecule has 2 aromatic heterocycles. The summed E-state index contributed by atoms with van der Waals surface area (Å²) in [5.74, 6) is 0.975. The molecule has 7 nitrogen and oxygen atoms in total. The average Bonchev–Trinajstić information content (AvgIpc) is 2.55. The molecule has 22 heavy (non-hydrogen) atoms. The van der Waals surface area contributed by atoms with Crippen molar-refractivity contribution in [1.82, 2.24) is 24.6 Å². The zero-order chi connectivity index (χ0) is 15.4. The Morgan fingerprint density at radius 3 is 2.55 bits per heavy atom. The zero-order valence-corrected chi connectivity index (χ0v) is 12.7. The van der Waals surface area contributed by atoms with Crippen molar-refractivity contribution in [2.75, 3.05) is 37.6 Å². The Morgan fingerprint density at radius 1 is 1.05 bits per heavy atom. The van der Waals surface area contributed by atoms with Gasteiger partial charge in [-0.2, -0.15) is 5.10 Å². The number of piperazine rings is 1. The highest BCUT2D eigenvalue weighted by Gasteiger charge is 2.19. The Bertz CT molecular complexity index is 677. The van der Waals surface area contributed by atoms with E-state index in [1.807, 2.05) is 6.92 Å². The number of anilines is 1. The predicted molar refractivity (Wildman–Crippen MR) is 83.9 cm³/mol. The lowest BCUT2D eigenvalue weighted by atomic mass is 10.3. The number of nitrogens with zero attached hydrogens (tertiary/aromatic N) is 6. The topological polar surface area (TPSA) is 67.2 Å². The third-order valence-electron chi connectivity index (χ3n) is 3.94. The zero-order valence-electron chi connectivity index (χ0n) is 12.7. The standard InChI is InChI=1S/C15H20N6O/c1-13-15(17-6-5-16-13)20-10-7-19(8-11-20)9-12-21-14(22)3-2-4-18-21/h2-6H,7-12H2,1H3. The van der Waals surface area contributed by atoms with Crippen LogP contribution >= 0.6 is 0 Å². The molecule has 0 spiro atoms. The molecule has 0 radical (unpaired) electrons. The lowest BCUT2D eigenvalue weighted by Crippen LogP contribution is -2.48. The van der Waals surface area contributed by atoms with Gasteiger partial charge in [0, 0.05) is 57.4 Å². The Labute approximate surface area is 129 Å². The largest absolute Gasteiger partial charge is 0.353 e. The molecule has 0 aromatic carbocycles. The third-order valence-corrected chi connectivity index (χ3v) is 3.94. The van der Waals surface area contributed by atoms with E-state index in [4.69, 9.17) is 0 Å². The first-order chi connectivity index (χ1) is 10.7. The van der Waals surface area contributed by atoms with Crippen LogP contribution in [-0.2, 0) is 6.54 Å². The van der Waals surface area contributed by atoms with Gasteiger partial charge in [0.15, 0.2) is 0 Å². The van der Waals surface area contributed by atoms with Gasteiger partial charge in [0.1, 0.15) is 5.82 Å². The lowest BCUT2D eigenvalue weighted by Gasteiger charge is -2.35. The van der Waals surface area contributed by atoms with Gasteiger partial charge in [-0.05, 0) is 13.0 Å². The van der Waals surface area contributed by atoms with Crippen LogP contribution in [0.5, 0.6) is 0 Å². The second-order valence-electron chi connectivity index (χ2n) is 5.38. The summed E-state index contributed by atoms with van der Waals surface area (Å²) < 4.78 is 1.51. The highest BCUT2D eigenvalue weighted by atomic mass is 16.1. The van der Waals surface area contributed by atoms with Gasteiger partial charge < -0.3 is 4.90 Å². The van der Waals surface area contributed by atoms with Crippen LogP contribution in [0.3, 0.4) is 0 Å². The van der Waals surface area contributed by atoms with Crippen molar-refractivity contribution in [3.63, 3.8) is 0 Å². The number of aromatic nitrogens is 4. The van der Waals surface area contributed by atoms with Crippen molar-refractivity contribution in [3.8, 4) is 0 Å². The van der Waals surface area contributed by atoms with Crippen molar-refractivity contribution in [2.45, 2.75) is 13.5 Å². The Kier molecular flexibility index (Phi) is 4.43. The Morgan fingerprint density at radius 2 is 1.82 bits per heavy atom. The summed E-state index contributed by atoms with van der Waals surface area (Å²) >= 11 is 0. The van der Waals surface area contributed by atoms with Gasteiger partial charge in [0.2, 0.25) is 0 Å². The Balaban J connectivity index is 1.53. The second kappa shape index (κ2) is 6.65. The molecule has 1 fully saturated rings.